The average molecular weight is 298 g/mol. The van der Waals surface area contributed by atoms with E-state index in [0.717, 1.165) is 30.8 Å². The van der Waals surface area contributed by atoms with Gasteiger partial charge >= 0.3 is 0 Å². The van der Waals surface area contributed by atoms with Crippen LogP contribution in [0.4, 0.5) is 0 Å². The normalized spacial score (nSPS) is 18.1. The fraction of sp³-hybridized carbons (Fsp3) is 0.471. The number of aromatic nitrogens is 3. The maximum Gasteiger partial charge on any atom is 0.253 e. The van der Waals surface area contributed by atoms with Gasteiger partial charge in [-0.3, -0.25) is 4.79 Å². The third-order valence-corrected chi connectivity index (χ3v) is 4.18. The van der Waals surface area contributed by atoms with E-state index in [2.05, 4.69) is 24.2 Å². The van der Waals surface area contributed by atoms with Gasteiger partial charge in [-0.05, 0) is 48.9 Å². The van der Waals surface area contributed by atoms with Gasteiger partial charge in [0.05, 0.1) is 18.1 Å². The molecule has 2 heterocycles. The Labute approximate surface area is 130 Å². The van der Waals surface area contributed by atoms with E-state index in [1.165, 1.54) is 6.42 Å². The van der Waals surface area contributed by atoms with Gasteiger partial charge in [-0.1, -0.05) is 19.1 Å². The number of amides is 1. The first-order valence-corrected chi connectivity index (χ1v) is 7.89. The van der Waals surface area contributed by atoms with Crippen molar-refractivity contribution >= 4 is 5.91 Å². The molecular formula is C17H22N4O. The van der Waals surface area contributed by atoms with E-state index in [1.54, 1.807) is 17.1 Å². The molecule has 1 amide bonds. The monoisotopic (exact) mass is 298 g/mol. The lowest BCUT2D eigenvalue weighted by atomic mass is 9.97. The molecule has 0 saturated carbocycles. The van der Waals surface area contributed by atoms with Gasteiger partial charge in [-0.15, -0.1) is 5.10 Å². The van der Waals surface area contributed by atoms with Crippen LogP contribution in [0.3, 0.4) is 0 Å². The molecule has 1 atom stereocenters. The van der Waals surface area contributed by atoms with Crippen LogP contribution in [0.5, 0.6) is 0 Å². The summed E-state index contributed by atoms with van der Waals surface area (Å²) in [5, 5.41) is 7.74. The Hall–Kier alpha value is -2.17. The van der Waals surface area contributed by atoms with Crippen molar-refractivity contribution in [3.05, 3.63) is 42.2 Å². The minimum atomic E-state index is 0.136. The molecule has 1 aromatic heterocycles. The predicted octanol–water partition coefficient (Wildman–Crippen LogP) is 2.78. The lowest BCUT2D eigenvalue weighted by molar-refractivity contribution is 0.0785. The van der Waals surface area contributed by atoms with E-state index < -0.39 is 0 Å². The van der Waals surface area contributed by atoms with Gasteiger partial charge in [-0.25, -0.2) is 4.68 Å². The van der Waals surface area contributed by atoms with Crippen LogP contribution in [0.1, 0.15) is 37.0 Å². The van der Waals surface area contributed by atoms with Crippen molar-refractivity contribution in [2.24, 2.45) is 11.8 Å². The molecule has 1 saturated heterocycles. The second kappa shape index (κ2) is 6.30. The van der Waals surface area contributed by atoms with Crippen molar-refractivity contribution in [1.82, 2.24) is 19.9 Å². The van der Waals surface area contributed by atoms with Gasteiger partial charge < -0.3 is 4.90 Å². The molecule has 116 valence electrons. The number of benzene rings is 1. The van der Waals surface area contributed by atoms with Gasteiger partial charge in [0.1, 0.15) is 0 Å². The van der Waals surface area contributed by atoms with E-state index in [1.807, 2.05) is 29.2 Å². The number of likely N-dealkylation sites (tertiary alicyclic amines) is 1. The third-order valence-electron chi connectivity index (χ3n) is 4.18. The zero-order valence-electron chi connectivity index (χ0n) is 13.1. The number of hydrogen-bond acceptors (Lipinski definition) is 3. The van der Waals surface area contributed by atoms with Crippen LogP contribution in [0, 0.1) is 11.8 Å². The van der Waals surface area contributed by atoms with Crippen LogP contribution in [-0.4, -0.2) is 38.9 Å². The zero-order chi connectivity index (χ0) is 15.5. The molecule has 0 N–H and O–H groups in total. The molecule has 1 aromatic carbocycles. The molecule has 0 spiro atoms. The highest BCUT2D eigenvalue weighted by Crippen LogP contribution is 2.24. The molecule has 0 radical (unpaired) electrons. The number of nitrogens with zero attached hydrogens (tertiary/aromatic N) is 4. The molecule has 3 rings (SSSR count). The van der Waals surface area contributed by atoms with Crippen LogP contribution >= 0.6 is 0 Å². The van der Waals surface area contributed by atoms with Crippen LogP contribution in [0.15, 0.2) is 36.7 Å². The third kappa shape index (κ3) is 3.18. The SMILES string of the molecule is CC(C)CC1CCN(C(=O)c2ccc(-n3ccnn3)cc2)C1. The zero-order valence-corrected chi connectivity index (χ0v) is 13.1. The standard InChI is InChI=1S/C17H22N4O/c1-13(2)11-14-7-9-20(12-14)17(22)15-3-5-16(6-4-15)21-10-8-18-19-21/h3-6,8,10,13-14H,7,9,11-12H2,1-2H3. The van der Waals surface area contributed by atoms with Crippen LogP contribution < -0.4 is 0 Å². The van der Waals surface area contributed by atoms with E-state index in [4.69, 9.17) is 0 Å². The molecule has 1 unspecified atom stereocenters. The highest BCUT2D eigenvalue weighted by molar-refractivity contribution is 5.94. The predicted molar refractivity (Wildman–Crippen MR) is 84.8 cm³/mol. The summed E-state index contributed by atoms with van der Waals surface area (Å²) in [5.74, 6) is 1.48. The first kappa shape index (κ1) is 14.8. The van der Waals surface area contributed by atoms with Crippen molar-refractivity contribution in [2.45, 2.75) is 26.7 Å². The Morgan fingerprint density at radius 3 is 2.73 bits per heavy atom. The summed E-state index contributed by atoms with van der Waals surface area (Å²) in [6, 6.07) is 7.55. The lowest BCUT2D eigenvalue weighted by Gasteiger charge is -2.17. The highest BCUT2D eigenvalue weighted by Gasteiger charge is 2.27. The summed E-state index contributed by atoms with van der Waals surface area (Å²) in [7, 11) is 0. The Kier molecular flexibility index (Phi) is 4.22. The van der Waals surface area contributed by atoms with E-state index in [-0.39, 0.29) is 5.91 Å². The number of rotatable bonds is 4. The molecule has 0 bridgehead atoms. The summed E-state index contributed by atoms with van der Waals surface area (Å²) in [6.07, 6.45) is 5.75. The molecule has 1 fully saturated rings. The van der Waals surface area contributed by atoms with Crippen LogP contribution in [0.25, 0.3) is 5.69 Å². The molecule has 2 aromatic rings. The second-order valence-electron chi connectivity index (χ2n) is 6.43. The van der Waals surface area contributed by atoms with Crippen molar-refractivity contribution in [2.75, 3.05) is 13.1 Å². The Morgan fingerprint density at radius 1 is 1.32 bits per heavy atom. The highest BCUT2D eigenvalue weighted by atomic mass is 16.2. The number of carbonyl (C=O) groups excluding carboxylic acids is 1. The molecule has 5 nitrogen and oxygen atoms in total. The summed E-state index contributed by atoms with van der Waals surface area (Å²) < 4.78 is 1.68. The van der Waals surface area contributed by atoms with Crippen molar-refractivity contribution < 1.29 is 4.79 Å². The largest absolute Gasteiger partial charge is 0.338 e. The smallest absolute Gasteiger partial charge is 0.253 e. The fourth-order valence-corrected chi connectivity index (χ4v) is 3.16. The Balaban J connectivity index is 1.66. The average Bonchev–Trinajstić information content (AvgIpc) is 3.17. The Bertz CT molecular complexity index is 619. The summed E-state index contributed by atoms with van der Waals surface area (Å²) in [4.78, 5) is 14.6. The Morgan fingerprint density at radius 2 is 2.09 bits per heavy atom. The van der Waals surface area contributed by atoms with Gasteiger partial charge in [0.25, 0.3) is 5.91 Å². The number of hydrogen-bond donors (Lipinski definition) is 0. The van der Waals surface area contributed by atoms with Gasteiger partial charge in [0.15, 0.2) is 0 Å². The summed E-state index contributed by atoms with van der Waals surface area (Å²) >= 11 is 0. The first-order valence-electron chi connectivity index (χ1n) is 7.89. The van der Waals surface area contributed by atoms with E-state index >= 15 is 0 Å². The number of carbonyl (C=O) groups is 1. The second-order valence-corrected chi connectivity index (χ2v) is 6.43. The molecule has 22 heavy (non-hydrogen) atoms. The molecule has 5 heteroatoms. The van der Waals surface area contributed by atoms with Crippen LogP contribution in [0.2, 0.25) is 0 Å². The molecule has 1 aliphatic heterocycles. The van der Waals surface area contributed by atoms with Gasteiger partial charge in [-0.2, -0.15) is 0 Å². The quantitative estimate of drug-likeness (QED) is 0.872. The fourth-order valence-electron chi connectivity index (χ4n) is 3.16. The van der Waals surface area contributed by atoms with Crippen LogP contribution in [-0.2, 0) is 0 Å². The summed E-state index contributed by atoms with van der Waals surface area (Å²) in [6.45, 7) is 6.25. The first-order chi connectivity index (χ1) is 10.6. The topological polar surface area (TPSA) is 51.0 Å². The van der Waals surface area contributed by atoms with Crippen molar-refractivity contribution in [3.8, 4) is 5.69 Å². The molecule has 1 aliphatic rings. The van der Waals surface area contributed by atoms with Gasteiger partial charge in [0, 0.05) is 18.7 Å². The molecular weight excluding hydrogens is 276 g/mol. The molecule has 0 aliphatic carbocycles. The van der Waals surface area contributed by atoms with Gasteiger partial charge in [0.2, 0.25) is 0 Å². The maximum atomic E-state index is 12.6. The summed E-state index contributed by atoms with van der Waals surface area (Å²) in [5.41, 5.74) is 1.65. The maximum absolute atomic E-state index is 12.6. The lowest BCUT2D eigenvalue weighted by Crippen LogP contribution is -2.28. The van der Waals surface area contributed by atoms with E-state index in [9.17, 15) is 4.79 Å². The van der Waals surface area contributed by atoms with E-state index in [0.29, 0.717) is 11.8 Å². The van der Waals surface area contributed by atoms with Crippen molar-refractivity contribution in [1.29, 1.82) is 0 Å². The van der Waals surface area contributed by atoms with Crippen molar-refractivity contribution in [3.63, 3.8) is 0 Å². The minimum Gasteiger partial charge on any atom is -0.338 e. The minimum absolute atomic E-state index is 0.136.